The minimum absolute atomic E-state index is 0.984. The van der Waals surface area contributed by atoms with Gasteiger partial charge in [-0.25, -0.2) is 0 Å². The van der Waals surface area contributed by atoms with E-state index in [1.165, 1.54) is 20.2 Å². The van der Waals surface area contributed by atoms with Crippen LogP contribution in [0.1, 0.15) is 6.92 Å². The molecule has 0 aliphatic rings. The van der Waals surface area contributed by atoms with Gasteiger partial charge in [0.2, 0.25) is 0 Å². The SMILES string of the molecule is C=CC=N/C=C(\C)N(c1cccnc1)c1cccc2c1sc1c(Nc3ccccc3)cccc12. The summed E-state index contributed by atoms with van der Waals surface area (Å²) in [5.74, 6) is 0. The smallest absolute Gasteiger partial charge is 0.0642 e. The number of hydrogen-bond acceptors (Lipinski definition) is 5. The van der Waals surface area contributed by atoms with Crippen molar-refractivity contribution < 1.29 is 0 Å². The lowest BCUT2D eigenvalue weighted by Gasteiger charge is -2.25. The molecule has 0 spiro atoms. The highest BCUT2D eigenvalue weighted by atomic mass is 32.1. The van der Waals surface area contributed by atoms with E-state index in [9.17, 15) is 0 Å². The number of fused-ring (bicyclic) bond motifs is 3. The van der Waals surface area contributed by atoms with Crippen molar-refractivity contribution in [3.05, 3.63) is 116 Å². The fourth-order valence-electron chi connectivity index (χ4n) is 4.05. The summed E-state index contributed by atoms with van der Waals surface area (Å²) >= 11 is 1.80. The predicted molar refractivity (Wildman–Crippen MR) is 148 cm³/mol. The molecule has 4 nitrogen and oxygen atoms in total. The topological polar surface area (TPSA) is 40.5 Å². The van der Waals surface area contributed by atoms with Crippen molar-refractivity contribution in [1.29, 1.82) is 0 Å². The number of aliphatic imine (C=N–C) groups is 1. The van der Waals surface area contributed by atoms with Crippen LogP contribution in [0.15, 0.2) is 121 Å². The van der Waals surface area contributed by atoms with Crippen molar-refractivity contribution in [3.63, 3.8) is 0 Å². The third-order valence-electron chi connectivity index (χ3n) is 5.51. The van der Waals surface area contributed by atoms with Gasteiger partial charge in [0, 0.05) is 40.8 Å². The van der Waals surface area contributed by atoms with E-state index in [2.05, 4.69) is 88.3 Å². The molecule has 5 aromatic rings. The predicted octanol–water partition coefficient (Wildman–Crippen LogP) is 8.45. The van der Waals surface area contributed by atoms with Crippen molar-refractivity contribution in [3.8, 4) is 0 Å². The molecule has 2 heterocycles. The van der Waals surface area contributed by atoms with Gasteiger partial charge in [0.15, 0.2) is 0 Å². The Morgan fingerprint density at radius 2 is 1.74 bits per heavy atom. The molecule has 5 heteroatoms. The summed E-state index contributed by atoms with van der Waals surface area (Å²) in [5, 5.41) is 6.06. The summed E-state index contributed by atoms with van der Waals surface area (Å²) in [5.41, 5.74) is 5.24. The zero-order valence-electron chi connectivity index (χ0n) is 18.8. The van der Waals surface area contributed by atoms with Gasteiger partial charge in [0.25, 0.3) is 0 Å². The highest BCUT2D eigenvalue weighted by Crippen LogP contribution is 2.45. The Morgan fingerprint density at radius 1 is 0.941 bits per heavy atom. The van der Waals surface area contributed by atoms with E-state index < -0.39 is 0 Å². The molecular weight excluding hydrogens is 436 g/mol. The maximum Gasteiger partial charge on any atom is 0.0642 e. The normalized spacial score (nSPS) is 11.9. The van der Waals surface area contributed by atoms with E-state index in [-0.39, 0.29) is 0 Å². The molecule has 0 saturated heterocycles. The van der Waals surface area contributed by atoms with E-state index in [4.69, 9.17) is 0 Å². The summed E-state index contributed by atoms with van der Waals surface area (Å²) in [6.07, 6.45) is 8.88. The number of nitrogens with zero attached hydrogens (tertiary/aromatic N) is 3. The third-order valence-corrected chi connectivity index (χ3v) is 6.78. The first kappa shape index (κ1) is 21.6. The van der Waals surface area contributed by atoms with E-state index in [1.54, 1.807) is 29.8 Å². The first-order valence-electron chi connectivity index (χ1n) is 11.0. The zero-order chi connectivity index (χ0) is 23.3. The number of thiophene rings is 1. The number of aromatic nitrogens is 1. The molecule has 0 bridgehead atoms. The molecule has 0 radical (unpaired) electrons. The molecule has 0 unspecified atom stereocenters. The van der Waals surface area contributed by atoms with Gasteiger partial charge < -0.3 is 10.2 Å². The first-order chi connectivity index (χ1) is 16.8. The lowest BCUT2D eigenvalue weighted by molar-refractivity contribution is 1.13. The van der Waals surface area contributed by atoms with Crippen molar-refractivity contribution in [2.45, 2.75) is 6.92 Å². The lowest BCUT2D eigenvalue weighted by Crippen LogP contribution is -2.14. The van der Waals surface area contributed by atoms with E-state index in [0.29, 0.717) is 0 Å². The molecule has 0 amide bonds. The average molecular weight is 461 g/mol. The van der Waals surface area contributed by atoms with Gasteiger partial charge in [-0.2, -0.15) is 0 Å². The lowest BCUT2D eigenvalue weighted by atomic mass is 10.1. The second-order valence-corrected chi connectivity index (χ2v) is 8.80. The van der Waals surface area contributed by atoms with E-state index in [0.717, 1.165) is 28.4 Å². The first-order valence-corrected chi connectivity index (χ1v) is 11.9. The molecule has 34 heavy (non-hydrogen) atoms. The van der Waals surface area contributed by atoms with Crippen LogP contribution in [0.25, 0.3) is 20.2 Å². The van der Waals surface area contributed by atoms with Crippen LogP contribution in [-0.4, -0.2) is 11.2 Å². The van der Waals surface area contributed by atoms with E-state index in [1.807, 2.05) is 36.7 Å². The van der Waals surface area contributed by atoms with E-state index >= 15 is 0 Å². The van der Waals surface area contributed by atoms with Crippen LogP contribution in [0.2, 0.25) is 0 Å². The molecule has 166 valence electrons. The van der Waals surface area contributed by atoms with Crippen LogP contribution in [0.3, 0.4) is 0 Å². The summed E-state index contributed by atoms with van der Waals surface area (Å²) in [4.78, 5) is 10.9. The highest BCUT2D eigenvalue weighted by molar-refractivity contribution is 7.27. The second kappa shape index (κ2) is 9.73. The monoisotopic (exact) mass is 460 g/mol. The van der Waals surface area contributed by atoms with Crippen LogP contribution >= 0.6 is 11.3 Å². The van der Waals surface area contributed by atoms with Crippen molar-refractivity contribution in [2.75, 3.05) is 10.2 Å². The van der Waals surface area contributed by atoms with Crippen LogP contribution < -0.4 is 10.2 Å². The van der Waals surface area contributed by atoms with Crippen molar-refractivity contribution in [1.82, 2.24) is 4.98 Å². The highest BCUT2D eigenvalue weighted by Gasteiger charge is 2.18. The van der Waals surface area contributed by atoms with Crippen LogP contribution in [0.5, 0.6) is 0 Å². The Kier molecular flexibility index (Phi) is 6.19. The maximum atomic E-state index is 4.37. The Morgan fingerprint density at radius 3 is 2.50 bits per heavy atom. The molecule has 2 aromatic heterocycles. The number of allylic oxidation sites excluding steroid dienone is 2. The average Bonchev–Trinajstić information content (AvgIpc) is 3.26. The summed E-state index contributed by atoms with van der Waals surface area (Å²) in [7, 11) is 0. The summed E-state index contributed by atoms with van der Waals surface area (Å²) in [6, 6.07) is 27.2. The molecule has 1 N–H and O–H groups in total. The minimum atomic E-state index is 0.984. The number of pyridine rings is 1. The minimum Gasteiger partial charge on any atom is -0.354 e. The molecule has 3 aromatic carbocycles. The van der Waals surface area contributed by atoms with Gasteiger partial charge in [-0.05, 0) is 43.3 Å². The number of nitrogens with one attached hydrogen (secondary N) is 1. The summed E-state index contributed by atoms with van der Waals surface area (Å²) in [6.45, 7) is 5.77. The fourth-order valence-corrected chi connectivity index (χ4v) is 5.32. The molecule has 0 saturated carbocycles. The van der Waals surface area contributed by atoms with Gasteiger partial charge in [0.05, 0.1) is 32.7 Å². The zero-order valence-corrected chi connectivity index (χ0v) is 19.7. The number of rotatable bonds is 7. The van der Waals surface area contributed by atoms with Gasteiger partial charge in [0.1, 0.15) is 0 Å². The van der Waals surface area contributed by atoms with Gasteiger partial charge in [-0.15, -0.1) is 11.3 Å². The number of hydrogen-bond donors (Lipinski definition) is 1. The number of para-hydroxylation sites is 1. The molecule has 5 rings (SSSR count). The maximum absolute atomic E-state index is 4.37. The van der Waals surface area contributed by atoms with Crippen molar-refractivity contribution >= 4 is 60.5 Å². The largest absolute Gasteiger partial charge is 0.354 e. The Bertz CT molecular complexity index is 1500. The van der Waals surface area contributed by atoms with Crippen LogP contribution in [-0.2, 0) is 0 Å². The molecule has 0 fully saturated rings. The van der Waals surface area contributed by atoms with Crippen LogP contribution in [0.4, 0.5) is 22.7 Å². The number of anilines is 4. The Labute approximate surface area is 203 Å². The summed E-state index contributed by atoms with van der Waals surface area (Å²) < 4.78 is 2.44. The number of benzene rings is 3. The van der Waals surface area contributed by atoms with Gasteiger partial charge in [-0.1, -0.05) is 55.1 Å². The fraction of sp³-hybridized carbons (Fsp3) is 0.0345. The van der Waals surface area contributed by atoms with Gasteiger partial charge in [-0.3, -0.25) is 9.98 Å². The molecule has 0 aliphatic heterocycles. The standard InChI is InChI=1S/C29H24N4S/c1-3-17-30-19-21(2)33(23-12-9-18-31-20-23)27-16-8-14-25-24-13-7-15-26(28(24)34-29(25)27)32-22-10-5-4-6-11-22/h3-20,32H,1H2,2H3/b21-19+,30-17?. The quantitative estimate of drug-likeness (QED) is 0.248. The second-order valence-electron chi connectivity index (χ2n) is 7.78. The van der Waals surface area contributed by atoms with Crippen LogP contribution in [0, 0.1) is 0 Å². The Balaban J connectivity index is 1.70. The molecule has 0 atom stereocenters. The van der Waals surface area contributed by atoms with Crippen molar-refractivity contribution in [2.24, 2.45) is 4.99 Å². The van der Waals surface area contributed by atoms with Gasteiger partial charge >= 0.3 is 0 Å². The third kappa shape index (κ3) is 4.21. The molecule has 0 aliphatic carbocycles. The Hall–Kier alpha value is -4.22. The molecular formula is C29H24N4S.